The number of nitrogens with zero attached hydrogens (tertiary/aromatic N) is 2. The third-order valence-corrected chi connectivity index (χ3v) is 4.03. The molecule has 0 aliphatic carbocycles. The van der Waals surface area contributed by atoms with Gasteiger partial charge in [-0.1, -0.05) is 17.7 Å². The van der Waals surface area contributed by atoms with Crippen molar-refractivity contribution in [1.82, 2.24) is 9.88 Å². The summed E-state index contributed by atoms with van der Waals surface area (Å²) in [5, 5.41) is 0.775. The molecule has 1 aromatic rings. The number of rotatable bonds is 1. The zero-order valence-electron chi connectivity index (χ0n) is 9.36. The molecule has 1 aromatic heterocycles. The molecule has 84 valence electrons. The highest BCUT2D eigenvalue weighted by molar-refractivity contribution is 6.30. The maximum absolute atomic E-state index is 6.00. The summed E-state index contributed by atoms with van der Waals surface area (Å²) in [4.78, 5) is 6.89. The number of halogens is 1. The molecule has 0 N–H and O–H groups in total. The van der Waals surface area contributed by atoms with Crippen LogP contribution in [0.15, 0.2) is 24.4 Å². The Morgan fingerprint density at radius 1 is 1.44 bits per heavy atom. The lowest BCUT2D eigenvalue weighted by atomic mass is 9.99. The van der Waals surface area contributed by atoms with Gasteiger partial charge >= 0.3 is 0 Å². The molecule has 1 fully saturated rings. The molecule has 0 spiro atoms. The Kier molecular flexibility index (Phi) is 2.49. The van der Waals surface area contributed by atoms with Gasteiger partial charge in [-0.3, -0.25) is 9.88 Å². The van der Waals surface area contributed by atoms with Gasteiger partial charge in [0.1, 0.15) is 0 Å². The van der Waals surface area contributed by atoms with Gasteiger partial charge in [-0.05, 0) is 44.0 Å². The van der Waals surface area contributed by atoms with Crippen LogP contribution in [0, 0.1) is 0 Å². The predicted molar refractivity (Wildman–Crippen MR) is 66.4 cm³/mol. The number of hydrogen-bond acceptors (Lipinski definition) is 2. The summed E-state index contributed by atoms with van der Waals surface area (Å²) in [6.07, 6.45) is 7.86. The second kappa shape index (κ2) is 3.86. The lowest BCUT2D eigenvalue weighted by Gasteiger charge is -2.30. The molecule has 3 heterocycles. The standard InChI is InChI=1S/C13H15ClN2/c1-16-11-2-3-12(16)7-9(6-11)13-8-10(14)4-5-15-13/h4-6,8,11-12H,2-3,7H2,1H3. The molecule has 2 unspecified atom stereocenters. The molecule has 0 amide bonds. The molecule has 2 nitrogen and oxygen atoms in total. The van der Waals surface area contributed by atoms with Gasteiger partial charge in [0.05, 0.1) is 5.69 Å². The first kappa shape index (κ1) is 10.3. The van der Waals surface area contributed by atoms with E-state index < -0.39 is 0 Å². The number of pyridine rings is 1. The lowest BCUT2D eigenvalue weighted by molar-refractivity contribution is 0.264. The van der Waals surface area contributed by atoms with Crippen molar-refractivity contribution in [3.63, 3.8) is 0 Å². The topological polar surface area (TPSA) is 16.1 Å². The fraction of sp³-hybridized carbons (Fsp3) is 0.462. The molecule has 2 aliphatic heterocycles. The number of fused-ring (bicyclic) bond motifs is 2. The first-order valence-corrected chi connectivity index (χ1v) is 6.16. The Labute approximate surface area is 101 Å². The molecule has 0 saturated carbocycles. The minimum Gasteiger partial charge on any atom is -0.297 e. The molecule has 2 bridgehead atoms. The Bertz CT molecular complexity index is 441. The average molecular weight is 235 g/mol. The quantitative estimate of drug-likeness (QED) is 0.743. The summed E-state index contributed by atoms with van der Waals surface area (Å²) >= 11 is 6.00. The fourth-order valence-corrected chi connectivity index (χ4v) is 2.97. The number of aromatic nitrogens is 1. The molecule has 2 atom stereocenters. The van der Waals surface area contributed by atoms with Crippen LogP contribution in [0.25, 0.3) is 5.57 Å². The van der Waals surface area contributed by atoms with Crippen molar-refractivity contribution in [2.24, 2.45) is 0 Å². The Morgan fingerprint density at radius 2 is 2.31 bits per heavy atom. The van der Waals surface area contributed by atoms with Crippen LogP contribution in [-0.4, -0.2) is 29.0 Å². The predicted octanol–water partition coefficient (Wildman–Crippen LogP) is 2.98. The molecule has 2 aliphatic rings. The third kappa shape index (κ3) is 1.66. The van der Waals surface area contributed by atoms with Crippen molar-refractivity contribution in [1.29, 1.82) is 0 Å². The summed E-state index contributed by atoms with van der Waals surface area (Å²) < 4.78 is 0. The minimum absolute atomic E-state index is 0.606. The molecule has 3 heteroatoms. The van der Waals surface area contributed by atoms with Gasteiger partial charge < -0.3 is 0 Å². The van der Waals surface area contributed by atoms with E-state index in [0.717, 1.165) is 17.1 Å². The second-order valence-corrected chi connectivity index (χ2v) is 5.16. The monoisotopic (exact) mass is 234 g/mol. The summed E-state index contributed by atoms with van der Waals surface area (Å²) in [7, 11) is 2.22. The van der Waals surface area contributed by atoms with Gasteiger partial charge in [0, 0.05) is 23.3 Å². The Hall–Kier alpha value is -0.860. The highest BCUT2D eigenvalue weighted by Gasteiger charge is 2.34. The van der Waals surface area contributed by atoms with Crippen molar-refractivity contribution in [3.8, 4) is 0 Å². The van der Waals surface area contributed by atoms with Crippen LogP contribution in [0.5, 0.6) is 0 Å². The minimum atomic E-state index is 0.606. The molecular weight excluding hydrogens is 220 g/mol. The smallest absolute Gasteiger partial charge is 0.0674 e. The van der Waals surface area contributed by atoms with Crippen molar-refractivity contribution < 1.29 is 0 Å². The van der Waals surface area contributed by atoms with E-state index in [-0.39, 0.29) is 0 Å². The van der Waals surface area contributed by atoms with Crippen molar-refractivity contribution in [2.45, 2.75) is 31.3 Å². The van der Waals surface area contributed by atoms with Crippen molar-refractivity contribution in [2.75, 3.05) is 7.05 Å². The van der Waals surface area contributed by atoms with Gasteiger partial charge in [0.25, 0.3) is 0 Å². The lowest BCUT2D eigenvalue weighted by Crippen LogP contribution is -2.34. The van der Waals surface area contributed by atoms with Crippen molar-refractivity contribution >= 4 is 17.2 Å². The first-order valence-electron chi connectivity index (χ1n) is 5.78. The summed E-state index contributed by atoms with van der Waals surface area (Å²) in [6, 6.07) is 5.10. The van der Waals surface area contributed by atoms with Crippen LogP contribution in [-0.2, 0) is 0 Å². The van der Waals surface area contributed by atoms with Crippen LogP contribution in [0.2, 0.25) is 5.02 Å². The largest absolute Gasteiger partial charge is 0.297 e. The van der Waals surface area contributed by atoms with Crippen LogP contribution in [0.4, 0.5) is 0 Å². The fourth-order valence-electron chi connectivity index (χ4n) is 2.81. The zero-order chi connectivity index (χ0) is 11.1. The number of likely N-dealkylation sites (N-methyl/N-ethyl adjacent to an activating group) is 1. The highest BCUT2D eigenvalue weighted by Crippen LogP contribution is 2.36. The van der Waals surface area contributed by atoms with E-state index in [2.05, 4.69) is 23.0 Å². The molecule has 1 saturated heterocycles. The Morgan fingerprint density at radius 3 is 3.06 bits per heavy atom. The molecular formula is C13H15ClN2. The van der Waals surface area contributed by atoms with Crippen LogP contribution in [0.1, 0.15) is 25.0 Å². The normalized spacial score (nSPS) is 29.2. The summed E-state index contributed by atoms with van der Waals surface area (Å²) in [5.74, 6) is 0. The molecule has 0 radical (unpaired) electrons. The SMILES string of the molecule is CN1C2C=C(c3cc(Cl)ccn3)CC1CC2. The van der Waals surface area contributed by atoms with E-state index in [0.29, 0.717) is 12.1 Å². The van der Waals surface area contributed by atoms with Crippen LogP contribution >= 0.6 is 11.6 Å². The Balaban J connectivity index is 1.95. The highest BCUT2D eigenvalue weighted by atomic mass is 35.5. The van der Waals surface area contributed by atoms with E-state index in [9.17, 15) is 0 Å². The van der Waals surface area contributed by atoms with Gasteiger partial charge in [0.2, 0.25) is 0 Å². The van der Waals surface area contributed by atoms with E-state index in [1.165, 1.54) is 18.4 Å². The molecule has 16 heavy (non-hydrogen) atoms. The van der Waals surface area contributed by atoms with E-state index in [1.54, 1.807) is 6.20 Å². The zero-order valence-corrected chi connectivity index (χ0v) is 10.1. The maximum atomic E-state index is 6.00. The maximum Gasteiger partial charge on any atom is 0.0674 e. The van der Waals surface area contributed by atoms with Gasteiger partial charge in [-0.25, -0.2) is 0 Å². The second-order valence-electron chi connectivity index (χ2n) is 4.72. The van der Waals surface area contributed by atoms with E-state index in [1.807, 2.05) is 12.1 Å². The summed E-state index contributed by atoms with van der Waals surface area (Å²) in [6.45, 7) is 0. The molecule has 3 rings (SSSR count). The van der Waals surface area contributed by atoms with Gasteiger partial charge in [-0.15, -0.1) is 0 Å². The third-order valence-electron chi connectivity index (χ3n) is 3.79. The summed E-state index contributed by atoms with van der Waals surface area (Å²) in [5.41, 5.74) is 2.42. The van der Waals surface area contributed by atoms with E-state index >= 15 is 0 Å². The van der Waals surface area contributed by atoms with E-state index in [4.69, 9.17) is 11.6 Å². The molecule has 0 aromatic carbocycles. The van der Waals surface area contributed by atoms with Crippen molar-refractivity contribution in [3.05, 3.63) is 35.1 Å². The number of hydrogen-bond donors (Lipinski definition) is 0. The van der Waals surface area contributed by atoms with Crippen LogP contribution < -0.4 is 0 Å². The first-order chi connectivity index (χ1) is 7.74. The van der Waals surface area contributed by atoms with Crippen LogP contribution in [0.3, 0.4) is 0 Å². The van der Waals surface area contributed by atoms with Gasteiger partial charge in [0.15, 0.2) is 0 Å². The average Bonchev–Trinajstić information content (AvgIpc) is 2.53. The van der Waals surface area contributed by atoms with Gasteiger partial charge in [-0.2, -0.15) is 0 Å².